The molecule has 1 heterocycles. The molecule has 0 aliphatic carbocycles. The zero-order valence-electron chi connectivity index (χ0n) is 24.4. The van der Waals surface area contributed by atoms with Gasteiger partial charge in [-0.1, -0.05) is 107 Å². The number of benzene rings is 2. The van der Waals surface area contributed by atoms with E-state index in [1.54, 1.807) is 12.5 Å². The number of nitrogens with one attached hydrogen (secondary N) is 1. The van der Waals surface area contributed by atoms with Gasteiger partial charge >= 0.3 is 0 Å². The summed E-state index contributed by atoms with van der Waals surface area (Å²) in [5, 5.41) is 23.6. The van der Waals surface area contributed by atoms with E-state index in [1.807, 2.05) is 0 Å². The highest BCUT2D eigenvalue weighted by molar-refractivity contribution is 5.60. The van der Waals surface area contributed by atoms with Gasteiger partial charge in [0.1, 0.15) is 11.5 Å². The lowest BCUT2D eigenvalue weighted by Crippen LogP contribution is -2.20. The lowest BCUT2D eigenvalue weighted by Gasteiger charge is -2.32. The number of phenols is 2. The van der Waals surface area contributed by atoms with Gasteiger partial charge in [0, 0.05) is 23.0 Å². The minimum absolute atomic E-state index is 0.118. The molecule has 4 heteroatoms. The van der Waals surface area contributed by atoms with E-state index in [2.05, 4.69) is 117 Å². The van der Waals surface area contributed by atoms with Crippen molar-refractivity contribution in [1.29, 1.82) is 0 Å². The van der Waals surface area contributed by atoms with E-state index in [1.165, 1.54) is 0 Å². The van der Waals surface area contributed by atoms with Gasteiger partial charge in [0.25, 0.3) is 0 Å². The summed E-state index contributed by atoms with van der Waals surface area (Å²) in [5.74, 6) is 0.125. The molecule has 0 bridgehead atoms. The third kappa shape index (κ3) is 5.48. The summed E-state index contributed by atoms with van der Waals surface area (Å²) in [5.41, 5.74) is 5.72. The molecular formula is C32H46N2O2. The molecule has 0 aliphatic heterocycles. The molecule has 36 heavy (non-hydrogen) atoms. The molecule has 0 saturated carbocycles. The second-order valence-corrected chi connectivity index (χ2v) is 14.4. The van der Waals surface area contributed by atoms with Crippen LogP contribution in [0.25, 0.3) is 0 Å². The van der Waals surface area contributed by atoms with Crippen LogP contribution in [0, 0.1) is 0 Å². The molecule has 196 valence electrons. The van der Waals surface area contributed by atoms with E-state index in [-0.39, 0.29) is 33.2 Å². The molecule has 1 aromatic heterocycles. The SMILES string of the molecule is CC(C)(C)c1cc(C(c2cnc[nH]2)c2cc(C(C)(C)C)cc(C(C)(C)C)c2O)c(O)c(C(C)(C)C)c1. The molecule has 0 saturated heterocycles. The Labute approximate surface area is 218 Å². The van der Waals surface area contributed by atoms with Crippen molar-refractivity contribution in [3.63, 3.8) is 0 Å². The Morgan fingerprint density at radius 3 is 1.28 bits per heavy atom. The maximum Gasteiger partial charge on any atom is 0.123 e. The molecule has 0 atom stereocenters. The smallest absolute Gasteiger partial charge is 0.123 e. The molecule has 0 aliphatic rings. The number of aromatic hydroxyl groups is 2. The first-order chi connectivity index (χ1) is 16.2. The van der Waals surface area contributed by atoms with Crippen LogP contribution in [0.15, 0.2) is 36.8 Å². The minimum atomic E-state index is -0.417. The zero-order chi connectivity index (χ0) is 27.4. The van der Waals surface area contributed by atoms with Gasteiger partial charge in [-0.05, 0) is 43.9 Å². The highest BCUT2D eigenvalue weighted by atomic mass is 16.3. The maximum atomic E-state index is 11.8. The summed E-state index contributed by atoms with van der Waals surface area (Å²) in [4.78, 5) is 7.61. The summed E-state index contributed by atoms with van der Waals surface area (Å²) < 4.78 is 0. The molecule has 3 rings (SSSR count). The van der Waals surface area contributed by atoms with Crippen molar-refractivity contribution in [2.24, 2.45) is 0 Å². The van der Waals surface area contributed by atoms with Crippen LogP contribution in [-0.4, -0.2) is 20.2 Å². The van der Waals surface area contributed by atoms with E-state index in [0.29, 0.717) is 0 Å². The molecule has 4 nitrogen and oxygen atoms in total. The Bertz CT molecular complexity index is 1140. The molecule has 0 amide bonds. The third-order valence-electron chi connectivity index (χ3n) is 7.08. The molecule has 3 aromatic rings. The summed E-state index contributed by atoms with van der Waals surface area (Å²) in [6.07, 6.45) is 3.46. The number of hydrogen-bond donors (Lipinski definition) is 3. The number of aromatic amines is 1. The topological polar surface area (TPSA) is 69.1 Å². The van der Waals surface area contributed by atoms with E-state index in [0.717, 1.165) is 39.1 Å². The van der Waals surface area contributed by atoms with Crippen molar-refractivity contribution in [2.75, 3.05) is 0 Å². The van der Waals surface area contributed by atoms with Crippen LogP contribution in [0.5, 0.6) is 11.5 Å². The van der Waals surface area contributed by atoms with Crippen LogP contribution in [0.3, 0.4) is 0 Å². The number of imidazole rings is 1. The van der Waals surface area contributed by atoms with E-state index >= 15 is 0 Å². The first kappa shape index (κ1) is 27.8. The van der Waals surface area contributed by atoms with Crippen molar-refractivity contribution < 1.29 is 10.2 Å². The normalized spacial score (nSPS) is 13.5. The van der Waals surface area contributed by atoms with Gasteiger partial charge in [-0.2, -0.15) is 0 Å². The lowest BCUT2D eigenvalue weighted by atomic mass is 9.73. The highest BCUT2D eigenvalue weighted by Gasteiger charge is 2.34. The number of rotatable bonds is 3. The minimum Gasteiger partial charge on any atom is -0.507 e. The molecule has 0 fully saturated rings. The predicted octanol–water partition coefficient (Wildman–Crippen LogP) is 8.19. The number of phenolic OH excluding ortho intramolecular Hbond substituents is 2. The van der Waals surface area contributed by atoms with Crippen LogP contribution in [0.4, 0.5) is 0 Å². The monoisotopic (exact) mass is 490 g/mol. The van der Waals surface area contributed by atoms with Gasteiger partial charge in [0.05, 0.1) is 12.2 Å². The Hall–Kier alpha value is -2.75. The standard InChI is InChI=1S/C32H46N2O2/c1-29(2,3)19-13-21(27(35)23(15-19)31(7,8)9)26(25-17-33-18-34-25)22-14-20(30(4,5)6)16-24(28(22)36)32(10,11)12/h13-18,26,35-36H,1-12H3,(H,33,34). The van der Waals surface area contributed by atoms with Crippen molar-refractivity contribution in [3.8, 4) is 11.5 Å². The van der Waals surface area contributed by atoms with Gasteiger partial charge < -0.3 is 15.2 Å². The molecular weight excluding hydrogens is 444 g/mol. The van der Waals surface area contributed by atoms with Gasteiger partial charge in [-0.15, -0.1) is 0 Å². The maximum absolute atomic E-state index is 11.8. The molecule has 0 spiro atoms. The van der Waals surface area contributed by atoms with Crippen molar-refractivity contribution >= 4 is 0 Å². The fourth-order valence-corrected chi connectivity index (χ4v) is 4.69. The van der Waals surface area contributed by atoms with Crippen molar-refractivity contribution in [3.05, 3.63) is 75.9 Å². The van der Waals surface area contributed by atoms with Gasteiger partial charge in [-0.25, -0.2) is 4.98 Å². The second kappa shape index (κ2) is 8.97. The van der Waals surface area contributed by atoms with Crippen LogP contribution in [-0.2, 0) is 21.7 Å². The lowest BCUT2D eigenvalue weighted by molar-refractivity contribution is 0.429. The quantitative estimate of drug-likeness (QED) is 0.346. The van der Waals surface area contributed by atoms with Gasteiger partial charge in [-0.3, -0.25) is 0 Å². The van der Waals surface area contributed by atoms with Crippen molar-refractivity contribution in [1.82, 2.24) is 9.97 Å². The fourth-order valence-electron chi connectivity index (χ4n) is 4.69. The molecule has 3 N–H and O–H groups in total. The number of nitrogens with zero attached hydrogens (tertiary/aromatic N) is 1. The van der Waals surface area contributed by atoms with Gasteiger partial charge in [0.15, 0.2) is 0 Å². The van der Waals surface area contributed by atoms with Crippen molar-refractivity contribution in [2.45, 2.75) is 111 Å². The Balaban J connectivity index is 2.50. The number of hydrogen-bond acceptors (Lipinski definition) is 3. The number of aromatic nitrogens is 2. The predicted molar refractivity (Wildman–Crippen MR) is 151 cm³/mol. The average Bonchev–Trinajstić information content (AvgIpc) is 3.21. The van der Waals surface area contributed by atoms with Crippen LogP contribution in [0.2, 0.25) is 0 Å². The van der Waals surface area contributed by atoms with Gasteiger partial charge in [0.2, 0.25) is 0 Å². The highest BCUT2D eigenvalue weighted by Crippen LogP contribution is 2.48. The number of H-pyrrole nitrogens is 1. The van der Waals surface area contributed by atoms with Crippen LogP contribution >= 0.6 is 0 Å². The van der Waals surface area contributed by atoms with Crippen LogP contribution < -0.4 is 0 Å². The Morgan fingerprint density at radius 2 is 1.00 bits per heavy atom. The van der Waals surface area contributed by atoms with E-state index in [4.69, 9.17) is 0 Å². The first-order valence-electron chi connectivity index (χ1n) is 13.0. The molecule has 0 radical (unpaired) electrons. The molecule has 2 aromatic carbocycles. The summed E-state index contributed by atoms with van der Waals surface area (Å²) in [7, 11) is 0. The second-order valence-electron chi connectivity index (χ2n) is 14.4. The van der Waals surface area contributed by atoms with E-state index < -0.39 is 5.92 Å². The third-order valence-corrected chi connectivity index (χ3v) is 7.08. The first-order valence-corrected chi connectivity index (χ1v) is 13.0. The fraction of sp³-hybridized carbons (Fsp3) is 0.531. The van der Waals surface area contributed by atoms with E-state index in [9.17, 15) is 10.2 Å². The largest absolute Gasteiger partial charge is 0.507 e. The zero-order valence-corrected chi connectivity index (χ0v) is 24.4. The molecule has 0 unspecified atom stereocenters. The Morgan fingerprint density at radius 1 is 0.611 bits per heavy atom. The van der Waals surface area contributed by atoms with Crippen LogP contribution in [0.1, 0.15) is 128 Å². The summed E-state index contributed by atoms with van der Waals surface area (Å²) in [6, 6.07) is 8.48. The summed E-state index contributed by atoms with van der Waals surface area (Å²) >= 11 is 0. The average molecular weight is 491 g/mol. The Kier molecular flexibility index (Phi) is 6.94. The summed E-state index contributed by atoms with van der Waals surface area (Å²) in [6.45, 7) is 25.9.